The average Bonchev–Trinajstić information content (AvgIpc) is 0.940. The zero-order valence-corrected chi connectivity index (χ0v) is 61.7. The summed E-state index contributed by atoms with van der Waals surface area (Å²) in [6.07, 6.45) is -0.674. The normalized spacial score (nSPS) is 14.5. The largest absolute Gasteiger partial charge is 0.508 e. The summed E-state index contributed by atoms with van der Waals surface area (Å²) in [6.45, 7) is 11.2. The number of carbonyl (C=O) groups excluding carboxylic acids is 13. The lowest BCUT2D eigenvalue weighted by molar-refractivity contribution is -0.142. The number of phenolic OH excluding ortho intramolecular Hbond substituents is 1. The smallest absolute Gasteiger partial charge is 0.325 e. The number of hydrogen-bond acceptors (Lipinski definition) is 19. The van der Waals surface area contributed by atoms with Gasteiger partial charge in [-0.1, -0.05) is 114 Å². The number of carbonyl (C=O) groups is 15. The third-order valence-electron chi connectivity index (χ3n) is 17.2. The molecule has 108 heavy (non-hydrogen) atoms. The third kappa shape index (κ3) is 31.8. The second-order valence-corrected chi connectivity index (χ2v) is 27.5. The SMILES string of the molecule is CC(C)C[C@H](NC(=O)[C@H](CCCCN)NC(=O)[C@H](CCC(N)=O)NC(=O)[C@H](Cc1cnc[nH]1)NC(=O)[C@H](CCC(N)=O)NC(=O)[C@@H](NC(=O)[C@H](CCC(=O)O)NC(=O)[C@@H](N)Cc1ccc(O)cc1)C(C)C)C(=O)N[C@H](C(=O)N[C@@H](Cc1ccccc1)C(=O)N[C@@H](Cc1ccccc1)C(=O)N[C@@H](C)C(=O)O)C(C)C. The lowest BCUT2D eigenvalue weighted by Gasteiger charge is -2.30. The molecule has 13 amide bonds. The molecule has 0 aliphatic rings. The number of aliphatic carboxylic acids is 2. The van der Waals surface area contributed by atoms with Crippen LogP contribution in [0.1, 0.15) is 135 Å². The minimum absolute atomic E-state index is 0.0285. The number of aromatic hydroxyl groups is 1. The molecule has 0 aliphatic carbocycles. The number of rotatable bonds is 48. The minimum Gasteiger partial charge on any atom is -0.508 e. The molecule has 0 fully saturated rings. The van der Waals surface area contributed by atoms with E-state index in [1.807, 2.05) is 0 Å². The van der Waals surface area contributed by atoms with E-state index in [-0.39, 0.29) is 68.9 Å². The predicted octanol–water partition coefficient (Wildman–Crippen LogP) is -1.97. The van der Waals surface area contributed by atoms with Crippen LogP contribution < -0.4 is 81.4 Å². The Kier molecular flexibility index (Phi) is 37.3. The van der Waals surface area contributed by atoms with Crippen LogP contribution in [0.4, 0.5) is 0 Å². The molecule has 0 unspecified atom stereocenters. The highest BCUT2D eigenvalue weighted by Gasteiger charge is 2.39. The average molecular weight is 1510 g/mol. The fraction of sp³-hybridized carbons (Fsp3) is 0.507. The topological polar surface area (TPSA) is 582 Å². The van der Waals surface area contributed by atoms with Crippen molar-refractivity contribution in [2.75, 3.05) is 6.54 Å². The Morgan fingerprint density at radius 1 is 0.417 bits per heavy atom. The van der Waals surface area contributed by atoms with Gasteiger partial charge in [-0.25, -0.2) is 4.98 Å². The van der Waals surface area contributed by atoms with Crippen LogP contribution in [0.15, 0.2) is 97.5 Å². The highest BCUT2D eigenvalue weighted by atomic mass is 16.4. The van der Waals surface area contributed by atoms with Gasteiger partial charge in [0.05, 0.1) is 12.4 Å². The Morgan fingerprint density at radius 3 is 1.20 bits per heavy atom. The van der Waals surface area contributed by atoms with Gasteiger partial charge < -0.3 is 102 Å². The van der Waals surface area contributed by atoms with Crippen LogP contribution in [0.2, 0.25) is 0 Å². The second-order valence-electron chi connectivity index (χ2n) is 27.5. The maximum atomic E-state index is 14.7. The van der Waals surface area contributed by atoms with Gasteiger partial charge in [-0.3, -0.25) is 71.9 Å². The lowest BCUT2D eigenvalue weighted by Crippen LogP contribution is -2.62. The first-order valence-corrected chi connectivity index (χ1v) is 35.7. The first-order chi connectivity index (χ1) is 51.0. The minimum atomic E-state index is -1.70. The molecule has 1 aromatic heterocycles. The molecule has 1 heterocycles. The molecule has 590 valence electrons. The van der Waals surface area contributed by atoms with Gasteiger partial charge in [0.2, 0.25) is 76.8 Å². The number of nitrogens with two attached hydrogens (primary N) is 4. The number of primary amides is 2. The number of carboxylic acids is 2. The Labute approximate surface area is 625 Å². The van der Waals surface area contributed by atoms with Crippen molar-refractivity contribution < 1.29 is 87.2 Å². The van der Waals surface area contributed by atoms with Gasteiger partial charge >= 0.3 is 11.9 Å². The van der Waals surface area contributed by atoms with Crippen LogP contribution in [-0.4, -0.2) is 193 Å². The van der Waals surface area contributed by atoms with Crippen LogP contribution >= 0.6 is 0 Å². The molecule has 0 bridgehead atoms. The number of nitrogens with one attached hydrogen (secondary N) is 12. The van der Waals surface area contributed by atoms with Crippen LogP contribution in [-0.2, 0) is 97.6 Å². The quantitative estimate of drug-likeness (QED) is 0.0213. The summed E-state index contributed by atoms with van der Waals surface area (Å²) in [5.41, 5.74) is 25.1. The molecule has 3 aromatic carbocycles. The fourth-order valence-electron chi connectivity index (χ4n) is 11.2. The van der Waals surface area contributed by atoms with Gasteiger partial charge in [-0.05, 0) is 111 Å². The molecule has 0 spiro atoms. The number of hydrogen-bond donors (Lipinski definition) is 19. The van der Waals surface area contributed by atoms with Gasteiger partial charge in [-0.2, -0.15) is 0 Å². The van der Waals surface area contributed by atoms with Gasteiger partial charge in [0.15, 0.2) is 0 Å². The molecule has 35 heteroatoms. The fourth-order valence-corrected chi connectivity index (χ4v) is 11.2. The van der Waals surface area contributed by atoms with Crippen LogP contribution in [0.5, 0.6) is 5.75 Å². The number of nitrogens with zero attached hydrogens (tertiary/aromatic N) is 1. The number of H-pyrrole nitrogens is 1. The molecule has 4 rings (SSSR count). The standard InChI is InChI=1S/C73H105N17O18/c1-39(2)32-53(70(104)90-61(41(5)6)72(106)88-55(35-44-18-12-9-13-19-44)68(102)86-54(34-43-16-10-8-11-17-43)67(101)80-42(7)73(107)108)85-63(97)49(20-14-15-31-74)82-64(98)50(25-28-57(76)92)83-69(103)56(36-46-37-78-38-79-46)87-65(99)51(26-29-58(77)93)84-71(105)60(40(3)4)89-66(100)52(27-30-59(94)95)81-62(96)48(75)33-45-21-23-47(91)24-22-45/h8-13,16-19,21-24,37-42,48-56,60-61,91H,14-15,20,25-36,74-75H2,1-7H3,(H2,76,92)(H2,77,93)(H,78,79)(H,80,101)(H,81,96)(H,82,98)(H,83,103)(H,84,105)(H,85,97)(H,86,102)(H,87,99)(H,88,106)(H,89,100)(H,90,104)(H,94,95)(H,107,108)/t42-,48-,49-,50-,51-,52-,53-,54-,55-,56-,60-,61-/m0/s1. The number of aromatic nitrogens is 2. The van der Waals surface area contributed by atoms with E-state index in [9.17, 15) is 87.2 Å². The van der Waals surface area contributed by atoms with Gasteiger partial charge in [0, 0.05) is 50.4 Å². The Morgan fingerprint density at radius 2 is 0.787 bits per heavy atom. The Balaban J connectivity index is 1.61. The van der Waals surface area contributed by atoms with Crippen molar-refractivity contribution in [3.63, 3.8) is 0 Å². The molecule has 0 saturated carbocycles. The molecule has 4 aromatic rings. The monoisotopic (exact) mass is 1510 g/mol. The first-order valence-electron chi connectivity index (χ1n) is 35.7. The van der Waals surface area contributed by atoms with E-state index >= 15 is 0 Å². The molecule has 35 nitrogen and oxygen atoms in total. The van der Waals surface area contributed by atoms with Gasteiger partial charge in [0.1, 0.15) is 72.2 Å². The van der Waals surface area contributed by atoms with Crippen molar-refractivity contribution in [2.24, 2.45) is 40.7 Å². The number of unbranched alkanes of at least 4 members (excludes halogenated alkanes) is 1. The summed E-state index contributed by atoms with van der Waals surface area (Å²) in [5, 5.41) is 57.2. The van der Waals surface area contributed by atoms with E-state index < -0.39 is 212 Å². The third-order valence-corrected chi connectivity index (χ3v) is 17.2. The van der Waals surface area contributed by atoms with Gasteiger partial charge in [0.25, 0.3) is 0 Å². The van der Waals surface area contributed by atoms with Crippen LogP contribution in [0, 0.1) is 17.8 Å². The van der Waals surface area contributed by atoms with Crippen molar-refractivity contribution in [2.45, 2.75) is 211 Å². The van der Waals surface area contributed by atoms with Crippen molar-refractivity contribution in [3.05, 3.63) is 120 Å². The van der Waals surface area contributed by atoms with E-state index in [0.29, 0.717) is 23.1 Å². The van der Waals surface area contributed by atoms with Crippen LogP contribution in [0.3, 0.4) is 0 Å². The highest BCUT2D eigenvalue weighted by Crippen LogP contribution is 2.17. The maximum absolute atomic E-state index is 14.7. The summed E-state index contributed by atoms with van der Waals surface area (Å²) < 4.78 is 0. The van der Waals surface area contributed by atoms with E-state index in [1.165, 1.54) is 57.6 Å². The second kappa shape index (κ2) is 45.2. The number of carboxylic acid groups (broad SMARTS) is 2. The molecule has 12 atom stereocenters. The summed E-state index contributed by atoms with van der Waals surface area (Å²) in [4.78, 5) is 212. The molecule has 0 saturated heterocycles. The lowest BCUT2D eigenvalue weighted by atomic mass is 9.98. The summed E-state index contributed by atoms with van der Waals surface area (Å²) in [7, 11) is 0. The van der Waals surface area contributed by atoms with Crippen molar-refractivity contribution in [3.8, 4) is 5.75 Å². The molecule has 0 aliphatic heterocycles. The van der Waals surface area contributed by atoms with E-state index in [4.69, 9.17) is 22.9 Å². The maximum Gasteiger partial charge on any atom is 0.325 e. The zero-order valence-electron chi connectivity index (χ0n) is 61.7. The number of amides is 13. The summed E-state index contributed by atoms with van der Waals surface area (Å²) in [6, 6.07) is 5.31. The first kappa shape index (κ1) is 89.0. The van der Waals surface area contributed by atoms with Crippen molar-refractivity contribution in [1.29, 1.82) is 0 Å². The summed E-state index contributed by atoms with van der Waals surface area (Å²) >= 11 is 0. The molecular formula is C73H105N17O18. The number of phenols is 1. The zero-order chi connectivity index (χ0) is 80.3. The van der Waals surface area contributed by atoms with Crippen molar-refractivity contribution >= 4 is 88.7 Å². The Bertz CT molecular complexity index is 3680. The number of benzene rings is 3. The van der Waals surface area contributed by atoms with Gasteiger partial charge in [-0.15, -0.1) is 0 Å². The van der Waals surface area contributed by atoms with E-state index in [2.05, 4.69) is 68.5 Å². The van der Waals surface area contributed by atoms with E-state index in [0.717, 1.165) is 0 Å². The molecule has 23 N–H and O–H groups in total. The van der Waals surface area contributed by atoms with Crippen molar-refractivity contribution in [1.82, 2.24) is 68.5 Å². The number of imidazole rings is 1. The molecular weight excluding hydrogens is 1400 g/mol. The summed E-state index contributed by atoms with van der Waals surface area (Å²) in [5.74, 6) is -16.6. The van der Waals surface area contributed by atoms with E-state index in [1.54, 1.807) is 88.4 Å². The molecule has 0 radical (unpaired) electrons. The Hall–Kier alpha value is -11.4. The number of aromatic amines is 1. The highest BCUT2D eigenvalue weighted by molar-refractivity contribution is 6.00. The van der Waals surface area contributed by atoms with Crippen LogP contribution in [0.25, 0.3) is 0 Å². The predicted molar refractivity (Wildman–Crippen MR) is 393 cm³/mol.